The van der Waals surface area contributed by atoms with Gasteiger partial charge in [-0.2, -0.15) is 0 Å². The number of ether oxygens (including phenoxy) is 1. The van der Waals surface area contributed by atoms with Crippen LogP contribution in [-0.2, 0) is 16.6 Å². The molecule has 3 aromatic carbocycles. The van der Waals surface area contributed by atoms with Crippen molar-refractivity contribution >= 4 is 33.2 Å². The Morgan fingerprint density at radius 3 is 2.52 bits per heavy atom. The molecule has 2 N–H and O–H groups in total. The molecule has 1 amide bonds. The van der Waals surface area contributed by atoms with Gasteiger partial charge in [-0.05, 0) is 55.3 Å². The van der Waals surface area contributed by atoms with Crippen LogP contribution in [0.3, 0.4) is 0 Å². The first kappa shape index (κ1) is 22.7. The van der Waals surface area contributed by atoms with Crippen LogP contribution < -0.4 is 14.8 Å². The number of aryl methyl sites for hydroxylation is 1. The number of rotatable bonds is 7. The van der Waals surface area contributed by atoms with E-state index in [1.165, 1.54) is 18.2 Å². The van der Waals surface area contributed by atoms with Crippen molar-refractivity contribution < 1.29 is 17.9 Å². The molecule has 0 aliphatic carbocycles. The Morgan fingerprint density at radius 2 is 1.77 bits per heavy atom. The number of anilines is 1. The molecule has 0 radical (unpaired) electrons. The molecule has 0 aromatic heterocycles. The van der Waals surface area contributed by atoms with Gasteiger partial charge in [-0.25, -0.2) is 8.42 Å². The van der Waals surface area contributed by atoms with E-state index in [4.69, 9.17) is 16.3 Å². The van der Waals surface area contributed by atoms with Gasteiger partial charge in [0, 0.05) is 17.7 Å². The van der Waals surface area contributed by atoms with Gasteiger partial charge in [0.05, 0.1) is 17.8 Å². The second kappa shape index (κ2) is 9.41. The maximum atomic E-state index is 13.0. The summed E-state index contributed by atoms with van der Waals surface area (Å²) in [6.07, 6.45) is 0. The van der Waals surface area contributed by atoms with E-state index in [-0.39, 0.29) is 22.0 Å². The Kier molecular flexibility index (Phi) is 6.87. The van der Waals surface area contributed by atoms with E-state index in [0.29, 0.717) is 11.4 Å². The van der Waals surface area contributed by atoms with Crippen LogP contribution in [0.15, 0.2) is 65.6 Å². The number of hydrogen-bond donors (Lipinski definition) is 2. The minimum atomic E-state index is -4.00. The van der Waals surface area contributed by atoms with Crippen LogP contribution in [0.2, 0.25) is 5.02 Å². The zero-order valence-corrected chi connectivity index (χ0v) is 19.0. The van der Waals surface area contributed by atoms with E-state index in [9.17, 15) is 13.2 Å². The monoisotopic (exact) mass is 458 g/mol. The SMILES string of the molecule is COc1ccccc1CNC(=O)c1ccc(Cl)c(S(=O)(=O)Nc2cccc(C)c2C)c1. The number of carbonyl (C=O) groups is 1. The number of halogens is 1. The molecule has 6 nitrogen and oxygen atoms in total. The highest BCUT2D eigenvalue weighted by atomic mass is 35.5. The standard InChI is InChI=1S/C23H23ClN2O4S/c1-15-7-6-9-20(16(15)2)26-31(28,29)22-13-17(11-12-19(22)24)23(27)25-14-18-8-4-5-10-21(18)30-3/h4-13,26H,14H2,1-3H3,(H,25,27). The van der Waals surface area contributed by atoms with Gasteiger partial charge < -0.3 is 10.1 Å². The number of amides is 1. The molecule has 3 aromatic rings. The van der Waals surface area contributed by atoms with Gasteiger partial charge in [-0.3, -0.25) is 9.52 Å². The molecule has 31 heavy (non-hydrogen) atoms. The minimum Gasteiger partial charge on any atom is -0.496 e. The third kappa shape index (κ3) is 5.18. The molecule has 0 aliphatic heterocycles. The number of carbonyl (C=O) groups excluding carboxylic acids is 1. The third-order valence-corrected chi connectivity index (χ3v) is 6.81. The fourth-order valence-electron chi connectivity index (χ4n) is 3.04. The largest absolute Gasteiger partial charge is 0.496 e. The number of hydrogen-bond acceptors (Lipinski definition) is 4. The summed E-state index contributed by atoms with van der Waals surface area (Å²) in [5.74, 6) is 0.227. The van der Waals surface area contributed by atoms with Crippen molar-refractivity contribution in [3.05, 3.63) is 87.9 Å². The van der Waals surface area contributed by atoms with Gasteiger partial charge in [0.2, 0.25) is 0 Å². The fraction of sp³-hybridized carbons (Fsp3) is 0.174. The van der Waals surface area contributed by atoms with Crippen molar-refractivity contribution in [1.82, 2.24) is 5.32 Å². The molecule has 0 unspecified atom stereocenters. The van der Waals surface area contributed by atoms with Gasteiger partial charge in [0.1, 0.15) is 10.6 Å². The van der Waals surface area contributed by atoms with Crippen molar-refractivity contribution in [2.24, 2.45) is 0 Å². The Hall–Kier alpha value is -3.03. The van der Waals surface area contributed by atoms with Gasteiger partial charge >= 0.3 is 0 Å². The fourth-order valence-corrected chi connectivity index (χ4v) is 4.69. The molecule has 162 valence electrons. The predicted molar refractivity (Wildman–Crippen MR) is 122 cm³/mol. The van der Waals surface area contributed by atoms with Crippen LogP contribution in [0.1, 0.15) is 27.0 Å². The second-order valence-electron chi connectivity index (χ2n) is 6.99. The van der Waals surface area contributed by atoms with Crippen LogP contribution in [0.25, 0.3) is 0 Å². The van der Waals surface area contributed by atoms with Gasteiger partial charge in [0.25, 0.3) is 15.9 Å². The quantitative estimate of drug-likeness (QED) is 0.537. The molecular formula is C23H23ClN2O4S. The van der Waals surface area contributed by atoms with Crippen molar-refractivity contribution in [2.75, 3.05) is 11.8 Å². The summed E-state index contributed by atoms with van der Waals surface area (Å²) < 4.78 is 33.8. The highest BCUT2D eigenvalue weighted by Crippen LogP contribution is 2.27. The lowest BCUT2D eigenvalue weighted by atomic mass is 10.1. The average Bonchev–Trinajstić information content (AvgIpc) is 2.75. The van der Waals surface area contributed by atoms with Crippen molar-refractivity contribution in [1.29, 1.82) is 0 Å². The molecule has 8 heteroatoms. The Morgan fingerprint density at radius 1 is 1.03 bits per heavy atom. The summed E-state index contributed by atoms with van der Waals surface area (Å²) in [7, 11) is -2.44. The lowest BCUT2D eigenvalue weighted by Gasteiger charge is -2.14. The van der Waals surface area contributed by atoms with Crippen LogP contribution in [-0.4, -0.2) is 21.4 Å². The lowest BCUT2D eigenvalue weighted by molar-refractivity contribution is 0.0950. The van der Waals surface area contributed by atoms with Gasteiger partial charge in [-0.15, -0.1) is 0 Å². The van der Waals surface area contributed by atoms with Gasteiger partial charge in [-0.1, -0.05) is 41.9 Å². The Bertz CT molecular complexity index is 1230. The molecule has 0 bridgehead atoms. The maximum Gasteiger partial charge on any atom is 0.263 e. The van der Waals surface area contributed by atoms with Crippen LogP contribution in [0.4, 0.5) is 5.69 Å². The number of methoxy groups -OCH3 is 1. The molecule has 0 saturated heterocycles. The smallest absolute Gasteiger partial charge is 0.263 e. The zero-order chi connectivity index (χ0) is 22.6. The van der Waals surface area contributed by atoms with E-state index in [1.54, 1.807) is 25.3 Å². The molecular weight excluding hydrogens is 436 g/mol. The highest BCUT2D eigenvalue weighted by Gasteiger charge is 2.21. The van der Waals surface area contributed by atoms with E-state index in [1.807, 2.05) is 38.1 Å². The zero-order valence-electron chi connectivity index (χ0n) is 17.4. The first-order chi connectivity index (χ1) is 14.7. The number of para-hydroxylation sites is 1. The summed E-state index contributed by atoms with van der Waals surface area (Å²) in [5, 5.41) is 2.80. The number of benzene rings is 3. The minimum absolute atomic E-state index is 0.0269. The summed E-state index contributed by atoms with van der Waals surface area (Å²) >= 11 is 6.17. The summed E-state index contributed by atoms with van der Waals surface area (Å²) in [5.41, 5.74) is 3.21. The molecule has 0 spiro atoms. The molecule has 0 atom stereocenters. The number of sulfonamides is 1. The summed E-state index contributed by atoms with van der Waals surface area (Å²) in [6.45, 7) is 3.96. The lowest BCUT2D eigenvalue weighted by Crippen LogP contribution is -2.23. The Balaban J connectivity index is 1.83. The predicted octanol–water partition coefficient (Wildman–Crippen LogP) is 4.70. The molecule has 0 heterocycles. The molecule has 0 aliphatic rings. The van der Waals surface area contributed by atoms with Crippen LogP contribution >= 0.6 is 11.6 Å². The van der Waals surface area contributed by atoms with E-state index in [2.05, 4.69) is 10.0 Å². The molecule has 3 rings (SSSR count). The van der Waals surface area contributed by atoms with Crippen molar-refractivity contribution in [3.8, 4) is 5.75 Å². The average molecular weight is 459 g/mol. The maximum absolute atomic E-state index is 13.0. The highest BCUT2D eigenvalue weighted by molar-refractivity contribution is 7.92. The van der Waals surface area contributed by atoms with Crippen LogP contribution in [0.5, 0.6) is 5.75 Å². The van der Waals surface area contributed by atoms with E-state index < -0.39 is 15.9 Å². The Labute approximate surface area is 187 Å². The first-order valence-corrected chi connectivity index (χ1v) is 11.4. The molecule has 0 fully saturated rings. The molecule has 0 saturated carbocycles. The van der Waals surface area contributed by atoms with Crippen molar-refractivity contribution in [2.45, 2.75) is 25.3 Å². The van der Waals surface area contributed by atoms with E-state index in [0.717, 1.165) is 16.7 Å². The number of nitrogens with one attached hydrogen (secondary N) is 2. The second-order valence-corrected chi connectivity index (χ2v) is 9.05. The summed E-state index contributed by atoms with van der Waals surface area (Å²) in [6, 6.07) is 16.8. The van der Waals surface area contributed by atoms with Crippen molar-refractivity contribution in [3.63, 3.8) is 0 Å². The van der Waals surface area contributed by atoms with Crippen LogP contribution in [0, 0.1) is 13.8 Å². The topological polar surface area (TPSA) is 84.5 Å². The third-order valence-electron chi connectivity index (χ3n) is 4.96. The van der Waals surface area contributed by atoms with Gasteiger partial charge in [0.15, 0.2) is 0 Å². The normalized spacial score (nSPS) is 11.1. The summed E-state index contributed by atoms with van der Waals surface area (Å²) in [4.78, 5) is 12.5. The first-order valence-electron chi connectivity index (χ1n) is 9.51. The van der Waals surface area contributed by atoms with E-state index >= 15 is 0 Å².